The van der Waals surface area contributed by atoms with Gasteiger partial charge in [0.15, 0.2) is 0 Å². The Labute approximate surface area is 192 Å². The van der Waals surface area contributed by atoms with E-state index in [4.69, 9.17) is 14.2 Å². The van der Waals surface area contributed by atoms with E-state index in [1.54, 1.807) is 72.8 Å². The number of esters is 2. The Morgan fingerprint density at radius 2 is 1.30 bits per heavy atom. The predicted molar refractivity (Wildman–Crippen MR) is 125 cm³/mol. The van der Waals surface area contributed by atoms with Crippen LogP contribution >= 0.6 is 0 Å². The van der Waals surface area contributed by atoms with Crippen LogP contribution in [-0.2, 0) is 6.61 Å². The van der Waals surface area contributed by atoms with Gasteiger partial charge in [0.1, 0.15) is 29.4 Å². The van der Waals surface area contributed by atoms with Crippen LogP contribution in [-0.4, -0.2) is 11.9 Å². The highest BCUT2D eigenvalue weighted by molar-refractivity contribution is 5.97. The first-order valence-electron chi connectivity index (χ1n) is 10.5. The monoisotopic (exact) mass is 438 g/mol. The number of hydrogen-bond donors (Lipinski definition) is 0. The lowest BCUT2D eigenvalue weighted by Crippen LogP contribution is -2.14. The van der Waals surface area contributed by atoms with Crippen molar-refractivity contribution in [3.63, 3.8) is 0 Å². The molecule has 0 aliphatic rings. The second-order valence-corrected chi connectivity index (χ2v) is 7.39. The Morgan fingerprint density at radius 1 is 0.636 bits per heavy atom. The Kier molecular flexibility index (Phi) is 6.81. The topological polar surface area (TPSA) is 61.8 Å². The van der Waals surface area contributed by atoms with E-state index >= 15 is 0 Å². The van der Waals surface area contributed by atoms with Crippen LogP contribution in [0.25, 0.3) is 0 Å². The minimum Gasteiger partial charge on any atom is -0.489 e. The van der Waals surface area contributed by atoms with Crippen LogP contribution in [0.3, 0.4) is 0 Å². The standard InChI is InChI=1S/C28H22O5/c1-20-11-17-23(18-12-20)31-19-21-13-15-22(16-14-21)27(29)33-26-10-6-5-9-25(26)28(30)32-24-7-3-2-4-8-24/h2-18H,19H2,1H3. The zero-order chi connectivity index (χ0) is 23.0. The van der Waals surface area contributed by atoms with E-state index in [-0.39, 0.29) is 11.3 Å². The Morgan fingerprint density at radius 3 is 2.03 bits per heavy atom. The predicted octanol–water partition coefficient (Wildman–Crippen LogP) is 6.01. The van der Waals surface area contributed by atoms with Gasteiger partial charge in [-0.05, 0) is 61.0 Å². The van der Waals surface area contributed by atoms with Gasteiger partial charge < -0.3 is 14.2 Å². The number of benzene rings is 4. The molecule has 0 unspecified atom stereocenters. The lowest BCUT2D eigenvalue weighted by molar-refractivity contribution is 0.0707. The molecule has 0 radical (unpaired) electrons. The molecule has 5 nitrogen and oxygen atoms in total. The fourth-order valence-electron chi connectivity index (χ4n) is 3.07. The van der Waals surface area contributed by atoms with Crippen LogP contribution in [0.4, 0.5) is 0 Å². The molecule has 33 heavy (non-hydrogen) atoms. The van der Waals surface area contributed by atoms with Crippen molar-refractivity contribution < 1.29 is 23.8 Å². The molecule has 0 aromatic heterocycles. The molecule has 0 spiro atoms. The Balaban J connectivity index is 1.40. The van der Waals surface area contributed by atoms with E-state index in [0.29, 0.717) is 17.9 Å². The van der Waals surface area contributed by atoms with Gasteiger partial charge in [-0.15, -0.1) is 0 Å². The summed E-state index contributed by atoms with van der Waals surface area (Å²) in [5.74, 6) is 0.152. The SMILES string of the molecule is Cc1ccc(OCc2ccc(C(=O)Oc3ccccc3C(=O)Oc3ccccc3)cc2)cc1. The summed E-state index contributed by atoms with van der Waals surface area (Å²) in [6.07, 6.45) is 0. The number of aryl methyl sites for hydroxylation is 1. The molecule has 0 atom stereocenters. The van der Waals surface area contributed by atoms with E-state index < -0.39 is 11.9 Å². The maximum Gasteiger partial charge on any atom is 0.347 e. The quantitative estimate of drug-likeness (QED) is 0.261. The van der Waals surface area contributed by atoms with Crippen molar-refractivity contribution in [2.75, 3.05) is 0 Å². The van der Waals surface area contributed by atoms with Crippen molar-refractivity contribution in [3.8, 4) is 17.2 Å². The summed E-state index contributed by atoms with van der Waals surface area (Å²) in [7, 11) is 0. The third kappa shape index (κ3) is 5.86. The van der Waals surface area contributed by atoms with Crippen molar-refractivity contribution in [1.82, 2.24) is 0 Å². The number of carbonyl (C=O) groups is 2. The number of rotatable bonds is 7. The van der Waals surface area contributed by atoms with Crippen molar-refractivity contribution in [1.29, 1.82) is 0 Å². The molecule has 0 N–H and O–H groups in total. The first kappa shape index (κ1) is 21.8. The first-order valence-corrected chi connectivity index (χ1v) is 10.5. The maximum absolute atomic E-state index is 12.7. The molecule has 5 heteroatoms. The smallest absolute Gasteiger partial charge is 0.347 e. The summed E-state index contributed by atoms with van der Waals surface area (Å²) in [6.45, 7) is 2.40. The van der Waals surface area contributed by atoms with Gasteiger partial charge in [-0.25, -0.2) is 9.59 Å². The highest BCUT2D eigenvalue weighted by atomic mass is 16.5. The molecule has 0 fully saturated rings. The van der Waals surface area contributed by atoms with Gasteiger partial charge in [0.2, 0.25) is 0 Å². The van der Waals surface area contributed by atoms with Crippen molar-refractivity contribution >= 4 is 11.9 Å². The molecule has 4 aromatic carbocycles. The van der Waals surface area contributed by atoms with E-state index in [2.05, 4.69) is 0 Å². The van der Waals surface area contributed by atoms with Gasteiger partial charge in [0.05, 0.1) is 5.56 Å². The number of para-hydroxylation sites is 2. The third-order valence-electron chi connectivity index (χ3n) is 4.88. The van der Waals surface area contributed by atoms with Crippen molar-refractivity contribution in [2.24, 2.45) is 0 Å². The second-order valence-electron chi connectivity index (χ2n) is 7.39. The first-order chi connectivity index (χ1) is 16.1. The fourth-order valence-corrected chi connectivity index (χ4v) is 3.07. The van der Waals surface area contributed by atoms with Crippen LogP contribution in [0.5, 0.6) is 17.2 Å². The molecular weight excluding hydrogens is 416 g/mol. The Bertz CT molecular complexity index is 1230. The molecule has 0 saturated carbocycles. The molecular formula is C28H22O5. The zero-order valence-electron chi connectivity index (χ0n) is 18.1. The minimum absolute atomic E-state index is 0.134. The molecule has 0 saturated heterocycles. The van der Waals surface area contributed by atoms with Crippen LogP contribution < -0.4 is 14.2 Å². The summed E-state index contributed by atoms with van der Waals surface area (Å²) < 4.78 is 16.6. The fraction of sp³-hybridized carbons (Fsp3) is 0.0714. The second kappa shape index (κ2) is 10.3. The summed E-state index contributed by atoms with van der Waals surface area (Å²) in [6, 6.07) is 30.0. The molecule has 0 aliphatic carbocycles. The van der Waals surface area contributed by atoms with E-state index in [0.717, 1.165) is 11.3 Å². The van der Waals surface area contributed by atoms with Crippen molar-refractivity contribution in [3.05, 3.63) is 125 Å². The average Bonchev–Trinajstić information content (AvgIpc) is 2.85. The molecule has 4 rings (SSSR count). The number of hydrogen-bond acceptors (Lipinski definition) is 5. The summed E-state index contributed by atoms with van der Waals surface area (Å²) in [5.41, 5.74) is 2.61. The van der Waals surface area contributed by atoms with Gasteiger partial charge in [0.25, 0.3) is 0 Å². The van der Waals surface area contributed by atoms with Gasteiger partial charge >= 0.3 is 11.9 Å². The van der Waals surface area contributed by atoms with Gasteiger partial charge in [-0.1, -0.05) is 60.2 Å². The minimum atomic E-state index is -0.604. The number of ether oxygens (including phenoxy) is 3. The normalized spacial score (nSPS) is 10.3. The van der Waals surface area contributed by atoms with Crippen LogP contribution in [0.2, 0.25) is 0 Å². The van der Waals surface area contributed by atoms with E-state index in [9.17, 15) is 9.59 Å². The van der Waals surface area contributed by atoms with Crippen LogP contribution in [0.15, 0.2) is 103 Å². The van der Waals surface area contributed by atoms with Crippen molar-refractivity contribution in [2.45, 2.75) is 13.5 Å². The highest BCUT2D eigenvalue weighted by Crippen LogP contribution is 2.22. The molecule has 164 valence electrons. The van der Waals surface area contributed by atoms with Crippen LogP contribution in [0, 0.1) is 6.92 Å². The van der Waals surface area contributed by atoms with Gasteiger partial charge in [0, 0.05) is 0 Å². The summed E-state index contributed by atoms with van der Waals surface area (Å²) in [4.78, 5) is 25.2. The molecule has 0 amide bonds. The highest BCUT2D eigenvalue weighted by Gasteiger charge is 2.18. The molecule has 4 aromatic rings. The zero-order valence-corrected chi connectivity index (χ0v) is 18.1. The number of carbonyl (C=O) groups excluding carboxylic acids is 2. The largest absolute Gasteiger partial charge is 0.489 e. The van der Waals surface area contributed by atoms with E-state index in [1.807, 2.05) is 37.3 Å². The van der Waals surface area contributed by atoms with Gasteiger partial charge in [-0.2, -0.15) is 0 Å². The average molecular weight is 438 g/mol. The summed E-state index contributed by atoms with van der Waals surface area (Å²) >= 11 is 0. The lowest BCUT2D eigenvalue weighted by atomic mass is 10.1. The molecule has 0 aliphatic heterocycles. The van der Waals surface area contributed by atoms with Gasteiger partial charge in [-0.3, -0.25) is 0 Å². The third-order valence-corrected chi connectivity index (χ3v) is 4.88. The maximum atomic E-state index is 12.7. The van der Waals surface area contributed by atoms with Crippen LogP contribution in [0.1, 0.15) is 31.8 Å². The molecule has 0 heterocycles. The lowest BCUT2D eigenvalue weighted by Gasteiger charge is -2.10. The summed E-state index contributed by atoms with van der Waals surface area (Å²) in [5, 5.41) is 0. The molecule has 0 bridgehead atoms. The Hall–Kier alpha value is -4.38. The van der Waals surface area contributed by atoms with E-state index in [1.165, 1.54) is 5.56 Å².